The van der Waals surface area contributed by atoms with E-state index >= 15 is 0 Å². The van der Waals surface area contributed by atoms with Gasteiger partial charge in [-0.05, 0) is 0 Å². The third-order valence-electron chi connectivity index (χ3n) is 1.75. The highest BCUT2D eigenvalue weighted by Gasteiger charge is 2.81. The van der Waals surface area contributed by atoms with Crippen molar-refractivity contribution in [1.82, 2.24) is 0 Å². The van der Waals surface area contributed by atoms with Crippen molar-refractivity contribution < 1.29 is 57.1 Å². The highest BCUT2D eigenvalue weighted by molar-refractivity contribution is 5.14. The molecule has 13 heteroatoms. The second kappa shape index (κ2) is 4.69. The van der Waals surface area contributed by atoms with Crippen LogP contribution in [0.4, 0.5) is 57.1 Å². The van der Waals surface area contributed by atoms with Gasteiger partial charge in [0.1, 0.15) is 0 Å². The topological polar surface area (TPSA) is 0 Å². The summed E-state index contributed by atoms with van der Waals surface area (Å²) in [5.41, 5.74) is 0. The molecule has 0 fully saturated rings. The quantitative estimate of drug-likeness (QED) is 0.647. The molecular formula is C7HF13. The van der Waals surface area contributed by atoms with E-state index in [4.69, 9.17) is 0 Å². The largest absolute Gasteiger partial charge is 0.460 e. The van der Waals surface area contributed by atoms with Crippen LogP contribution >= 0.6 is 0 Å². The molecule has 0 nitrogen and oxygen atoms in total. The minimum atomic E-state index is -7.38. The van der Waals surface area contributed by atoms with Gasteiger partial charge in [-0.3, -0.25) is 0 Å². The van der Waals surface area contributed by atoms with Gasteiger partial charge in [-0.25, -0.2) is 4.39 Å². The molecule has 0 aliphatic carbocycles. The third-order valence-corrected chi connectivity index (χ3v) is 1.75. The summed E-state index contributed by atoms with van der Waals surface area (Å²) in [4.78, 5) is 0. The van der Waals surface area contributed by atoms with Gasteiger partial charge in [-0.15, -0.1) is 0 Å². The smallest absolute Gasteiger partial charge is 0.202 e. The summed E-state index contributed by atoms with van der Waals surface area (Å²) in [6, 6.07) is 0. The van der Waals surface area contributed by atoms with E-state index in [0.29, 0.717) is 0 Å². The van der Waals surface area contributed by atoms with Crippen molar-refractivity contribution in [3.05, 3.63) is 11.9 Å². The lowest BCUT2D eigenvalue weighted by Crippen LogP contribution is -2.60. The molecule has 0 aliphatic heterocycles. The predicted octanol–water partition coefficient (Wildman–Crippen LogP) is 4.87. The van der Waals surface area contributed by atoms with Gasteiger partial charge in [0, 0.05) is 6.08 Å². The molecule has 20 heavy (non-hydrogen) atoms. The molecule has 0 radical (unpaired) electrons. The standard InChI is InChI=1S/C7HF13/c8-2(4(11,12)13)1-3(9,10)5(14,15)6(16,17)7(18,19)20/h1H/b2-1-. The van der Waals surface area contributed by atoms with Crippen molar-refractivity contribution in [3.8, 4) is 0 Å². The summed E-state index contributed by atoms with van der Waals surface area (Å²) in [5, 5.41) is 0. The zero-order valence-electron chi connectivity index (χ0n) is 8.49. The van der Waals surface area contributed by atoms with Crippen molar-refractivity contribution in [2.75, 3.05) is 0 Å². The van der Waals surface area contributed by atoms with E-state index in [0.717, 1.165) is 0 Å². The maximum Gasteiger partial charge on any atom is 0.460 e. The third kappa shape index (κ3) is 3.11. The lowest BCUT2D eigenvalue weighted by atomic mass is 10.0. The van der Waals surface area contributed by atoms with Gasteiger partial charge in [0.25, 0.3) is 0 Å². The highest BCUT2D eigenvalue weighted by atomic mass is 19.4. The fourth-order valence-corrected chi connectivity index (χ4v) is 0.719. The molecule has 0 aromatic rings. The Bertz CT molecular complexity index is 381. The zero-order chi connectivity index (χ0) is 16.8. The van der Waals surface area contributed by atoms with Gasteiger partial charge in [0.15, 0.2) is 0 Å². The minimum Gasteiger partial charge on any atom is -0.202 e. The van der Waals surface area contributed by atoms with E-state index in [9.17, 15) is 57.1 Å². The summed E-state index contributed by atoms with van der Waals surface area (Å²) in [7, 11) is 0. The van der Waals surface area contributed by atoms with Crippen LogP contribution in [-0.4, -0.2) is 30.1 Å². The molecule has 0 N–H and O–H groups in total. The van der Waals surface area contributed by atoms with Crippen LogP contribution in [0.2, 0.25) is 0 Å². The Morgan fingerprint density at radius 3 is 1.20 bits per heavy atom. The first kappa shape index (κ1) is 18.8. The van der Waals surface area contributed by atoms with Gasteiger partial charge in [0.2, 0.25) is 5.83 Å². The van der Waals surface area contributed by atoms with Crippen LogP contribution in [0, 0.1) is 0 Å². The van der Waals surface area contributed by atoms with E-state index < -0.39 is 42.0 Å². The lowest BCUT2D eigenvalue weighted by molar-refractivity contribution is -0.388. The molecule has 0 saturated carbocycles. The minimum absolute atomic E-state index is 2.34. The number of allylic oxidation sites excluding steroid dienone is 2. The van der Waals surface area contributed by atoms with E-state index in [2.05, 4.69) is 0 Å². The summed E-state index contributed by atoms with van der Waals surface area (Å²) >= 11 is 0. The maximum absolute atomic E-state index is 12.5. The van der Waals surface area contributed by atoms with Crippen LogP contribution < -0.4 is 0 Å². The van der Waals surface area contributed by atoms with Crippen molar-refractivity contribution in [1.29, 1.82) is 0 Å². The van der Waals surface area contributed by atoms with Crippen LogP contribution in [0.1, 0.15) is 0 Å². The first-order valence-corrected chi connectivity index (χ1v) is 4.03. The Hall–Kier alpha value is -1.17. The summed E-state index contributed by atoms with van der Waals surface area (Å²) in [6.45, 7) is 0. The van der Waals surface area contributed by atoms with E-state index in [1.165, 1.54) is 0 Å². The van der Waals surface area contributed by atoms with E-state index in [1.807, 2.05) is 0 Å². The molecular weight excluding hydrogens is 331 g/mol. The van der Waals surface area contributed by atoms with E-state index in [1.54, 1.807) is 0 Å². The van der Waals surface area contributed by atoms with Crippen molar-refractivity contribution >= 4 is 0 Å². The lowest BCUT2D eigenvalue weighted by Gasteiger charge is -2.32. The Labute approximate surface area is 100 Å². The molecule has 0 rings (SSSR count). The first-order valence-electron chi connectivity index (χ1n) is 4.03. The second-order valence-corrected chi connectivity index (χ2v) is 3.26. The van der Waals surface area contributed by atoms with Gasteiger partial charge in [-0.1, -0.05) is 0 Å². The van der Waals surface area contributed by atoms with E-state index in [-0.39, 0.29) is 0 Å². The molecule has 0 aromatic heterocycles. The zero-order valence-corrected chi connectivity index (χ0v) is 8.49. The first-order chi connectivity index (χ1) is 8.38. The average molecular weight is 332 g/mol. The average Bonchev–Trinajstić information content (AvgIpc) is 2.12. The van der Waals surface area contributed by atoms with Gasteiger partial charge >= 0.3 is 30.1 Å². The van der Waals surface area contributed by atoms with Crippen molar-refractivity contribution in [2.24, 2.45) is 0 Å². The Balaban J connectivity index is 5.84. The molecule has 0 atom stereocenters. The second-order valence-electron chi connectivity index (χ2n) is 3.26. The maximum atomic E-state index is 12.5. The Morgan fingerprint density at radius 2 is 0.950 bits per heavy atom. The molecule has 0 heterocycles. The Morgan fingerprint density at radius 1 is 0.600 bits per heavy atom. The van der Waals surface area contributed by atoms with Crippen LogP contribution in [-0.2, 0) is 0 Å². The number of alkyl halides is 12. The molecule has 0 bridgehead atoms. The highest BCUT2D eigenvalue weighted by Crippen LogP contribution is 2.54. The SMILES string of the molecule is F/C(=C\C(F)(F)C(F)(F)C(F)(F)C(F)(F)F)C(F)(F)F. The number of rotatable bonds is 3. The van der Waals surface area contributed by atoms with Gasteiger partial charge in [-0.2, -0.15) is 52.7 Å². The molecule has 0 spiro atoms. The monoisotopic (exact) mass is 332 g/mol. The van der Waals surface area contributed by atoms with Crippen molar-refractivity contribution in [3.63, 3.8) is 0 Å². The summed E-state index contributed by atoms with van der Waals surface area (Å²) in [5.74, 6) is -25.4. The predicted molar refractivity (Wildman–Crippen MR) is 36.1 cm³/mol. The van der Waals surface area contributed by atoms with Gasteiger partial charge < -0.3 is 0 Å². The summed E-state index contributed by atoms with van der Waals surface area (Å²) < 4.78 is 155. The van der Waals surface area contributed by atoms with Crippen LogP contribution in [0.25, 0.3) is 0 Å². The molecule has 0 amide bonds. The molecule has 0 unspecified atom stereocenters. The summed E-state index contributed by atoms with van der Waals surface area (Å²) in [6.07, 6.45) is -15.8. The number of hydrogen-bond donors (Lipinski definition) is 0. The van der Waals surface area contributed by atoms with Crippen LogP contribution in [0.15, 0.2) is 11.9 Å². The van der Waals surface area contributed by atoms with Crippen molar-refractivity contribution in [2.45, 2.75) is 30.1 Å². The fraction of sp³-hybridized carbons (Fsp3) is 0.714. The van der Waals surface area contributed by atoms with Gasteiger partial charge in [0.05, 0.1) is 0 Å². The van der Waals surface area contributed by atoms with Crippen LogP contribution in [0.5, 0.6) is 0 Å². The molecule has 120 valence electrons. The normalized spacial score (nSPS) is 16.6. The molecule has 0 aromatic carbocycles. The Kier molecular flexibility index (Phi) is 4.41. The van der Waals surface area contributed by atoms with Crippen LogP contribution in [0.3, 0.4) is 0 Å². The molecule has 0 aliphatic rings. The number of halogens is 13. The number of hydrogen-bond acceptors (Lipinski definition) is 0. The molecule has 0 saturated heterocycles. The fourth-order valence-electron chi connectivity index (χ4n) is 0.719.